The summed E-state index contributed by atoms with van der Waals surface area (Å²) in [6, 6.07) is 0.406. The van der Waals surface area contributed by atoms with Crippen molar-refractivity contribution >= 4 is 23.2 Å². The van der Waals surface area contributed by atoms with Gasteiger partial charge in [-0.15, -0.1) is 11.3 Å². The quantitative estimate of drug-likeness (QED) is 0.775. The van der Waals surface area contributed by atoms with Gasteiger partial charge in [-0.25, -0.2) is 4.98 Å². The van der Waals surface area contributed by atoms with Gasteiger partial charge in [0.05, 0.1) is 12.6 Å². The topological polar surface area (TPSA) is 84.9 Å². The van der Waals surface area contributed by atoms with Crippen LogP contribution in [-0.2, 0) is 0 Å². The molecule has 2 N–H and O–H groups in total. The summed E-state index contributed by atoms with van der Waals surface area (Å²) < 4.78 is 5.49. The van der Waals surface area contributed by atoms with Gasteiger partial charge in [-0.1, -0.05) is 13.8 Å². The average molecular weight is 308 g/mol. The highest BCUT2D eigenvalue weighted by atomic mass is 32.1. The fraction of sp³-hybridized carbons (Fsp3) is 0.538. The van der Waals surface area contributed by atoms with Crippen molar-refractivity contribution in [1.82, 2.24) is 19.9 Å². The van der Waals surface area contributed by atoms with E-state index in [0.717, 1.165) is 17.8 Å². The summed E-state index contributed by atoms with van der Waals surface area (Å²) in [5, 5.41) is 9.18. The number of ether oxygens (including phenoxy) is 1. The predicted molar refractivity (Wildman–Crippen MR) is 83.9 cm³/mol. The minimum Gasteiger partial charge on any atom is -0.463 e. The van der Waals surface area contributed by atoms with Crippen molar-refractivity contribution in [2.24, 2.45) is 0 Å². The van der Waals surface area contributed by atoms with Crippen molar-refractivity contribution in [2.75, 3.05) is 24.3 Å². The van der Waals surface area contributed by atoms with Crippen LogP contribution in [0.4, 0.5) is 11.9 Å². The van der Waals surface area contributed by atoms with Crippen molar-refractivity contribution in [2.45, 2.75) is 32.7 Å². The average Bonchev–Trinajstić information content (AvgIpc) is 3.04. The first kappa shape index (κ1) is 15.4. The first-order valence-electron chi connectivity index (χ1n) is 6.99. The van der Waals surface area contributed by atoms with E-state index in [2.05, 4.69) is 37.5 Å². The van der Waals surface area contributed by atoms with Crippen LogP contribution >= 0.6 is 11.3 Å². The van der Waals surface area contributed by atoms with Gasteiger partial charge in [0, 0.05) is 18.6 Å². The molecule has 0 aliphatic heterocycles. The van der Waals surface area contributed by atoms with Crippen LogP contribution in [0.15, 0.2) is 11.6 Å². The van der Waals surface area contributed by atoms with Gasteiger partial charge in [0.2, 0.25) is 11.9 Å². The number of hydrogen-bond acceptors (Lipinski definition) is 8. The van der Waals surface area contributed by atoms with E-state index < -0.39 is 0 Å². The van der Waals surface area contributed by atoms with Crippen LogP contribution in [0.5, 0.6) is 6.01 Å². The Hall–Kier alpha value is -1.96. The molecule has 0 radical (unpaired) electrons. The van der Waals surface area contributed by atoms with E-state index >= 15 is 0 Å². The van der Waals surface area contributed by atoms with Crippen molar-refractivity contribution in [3.8, 4) is 6.01 Å². The summed E-state index contributed by atoms with van der Waals surface area (Å²) in [5.74, 6) is 0.968. The maximum absolute atomic E-state index is 5.49. The van der Waals surface area contributed by atoms with Gasteiger partial charge < -0.3 is 15.4 Å². The molecule has 1 unspecified atom stereocenters. The highest BCUT2D eigenvalue weighted by Crippen LogP contribution is 2.23. The summed E-state index contributed by atoms with van der Waals surface area (Å²) in [6.07, 6.45) is 3.59. The Kier molecular flexibility index (Phi) is 5.68. The van der Waals surface area contributed by atoms with Gasteiger partial charge >= 0.3 is 6.01 Å². The minimum atomic E-state index is 0.0798. The smallest absolute Gasteiger partial charge is 0.323 e. The van der Waals surface area contributed by atoms with Gasteiger partial charge in [-0.05, 0) is 12.8 Å². The molecule has 2 heterocycles. The van der Waals surface area contributed by atoms with Crippen LogP contribution in [0.1, 0.15) is 37.7 Å². The van der Waals surface area contributed by atoms with E-state index in [9.17, 15) is 0 Å². The monoisotopic (exact) mass is 308 g/mol. The van der Waals surface area contributed by atoms with Gasteiger partial charge in [-0.2, -0.15) is 15.0 Å². The van der Waals surface area contributed by atoms with Crippen molar-refractivity contribution in [1.29, 1.82) is 0 Å². The molecule has 2 aromatic rings. The molecule has 0 aliphatic carbocycles. The summed E-state index contributed by atoms with van der Waals surface area (Å²) >= 11 is 1.61. The standard InChI is InChI=1S/C13H20N6OS/c1-4-7-20-13-18-11(14-3)17-12(19-13)16-9(5-2)10-15-6-8-21-10/h6,8-9H,4-5,7H2,1-3H3,(H2,14,16,17,18,19). The third kappa shape index (κ3) is 4.25. The fourth-order valence-electron chi connectivity index (χ4n) is 1.69. The molecule has 0 saturated carbocycles. The van der Waals surface area contributed by atoms with E-state index in [-0.39, 0.29) is 6.04 Å². The Labute approximate surface area is 128 Å². The summed E-state index contributed by atoms with van der Waals surface area (Å²) in [7, 11) is 1.76. The lowest BCUT2D eigenvalue weighted by Gasteiger charge is -2.15. The second kappa shape index (κ2) is 7.72. The fourth-order valence-corrected chi connectivity index (χ4v) is 2.46. The molecule has 0 amide bonds. The van der Waals surface area contributed by atoms with E-state index in [0.29, 0.717) is 24.5 Å². The molecule has 114 valence electrons. The van der Waals surface area contributed by atoms with Crippen LogP contribution < -0.4 is 15.4 Å². The summed E-state index contributed by atoms with van der Waals surface area (Å²) in [6.45, 7) is 4.71. The highest BCUT2D eigenvalue weighted by Gasteiger charge is 2.15. The normalized spacial score (nSPS) is 12.0. The third-order valence-corrected chi connectivity index (χ3v) is 3.62. The number of nitrogens with zero attached hydrogens (tertiary/aromatic N) is 4. The van der Waals surface area contributed by atoms with Crippen LogP contribution in [0.2, 0.25) is 0 Å². The zero-order valence-electron chi connectivity index (χ0n) is 12.5. The van der Waals surface area contributed by atoms with E-state index in [4.69, 9.17) is 4.74 Å². The first-order valence-corrected chi connectivity index (χ1v) is 7.87. The zero-order valence-corrected chi connectivity index (χ0v) is 13.3. The lowest BCUT2D eigenvalue weighted by atomic mass is 10.2. The minimum absolute atomic E-state index is 0.0798. The highest BCUT2D eigenvalue weighted by molar-refractivity contribution is 7.09. The Morgan fingerprint density at radius 3 is 2.67 bits per heavy atom. The van der Waals surface area contributed by atoms with Crippen molar-refractivity contribution in [3.05, 3.63) is 16.6 Å². The van der Waals surface area contributed by atoms with Crippen LogP contribution in [0.25, 0.3) is 0 Å². The second-order valence-corrected chi connectivity index (χ2v) is 5.27. The first-order chi connectivity index (χ1) is 10.3. The zero-order chi connectivity index (χ0) is 15.1. The molecule has 0 bridgehead atoms. The Bertz CT molecular complexity index is 548. The summed E-state index contributed by atoms with van der Waals surface area (Å²) in [4.78, 5) is 17.1. The maximum atomic E-state index is 5.49. The molecule has 1 atom stereocenters. The van der Waals surface area contributed by atoms with Crippen LogP contribution in [-0.4, -0.2) is 33.6 Å². The van der Waals surface area contributed by atoms with Crippen molar-refractivity contribution < 1.29 is 4.74 Å². The molecule has 0 fully saturated rings. The Balaban J connectivity index is 2.17. The molecule has 7 nitrogen and oxygen atoms in total. The molecule has 0 saturated heterocycles. The molecule has 0 aromatic carbocycles. The van der Waals surface area contributed by atoms with Crippen LogP contribution in [0, 0.1) is 0 Å². The number of aromatic nitrogens is 4. The van der Waals surface area contributed by atoms with E-state index in [1.807, 2.05) is 12.3 Å². The molecular formula is C13H20N6OS. The van der Waals surface area contributed by atoms with Gasteiger partial charge in [0.25, 0.3) is 0 Å². The Morgan fingerprint density at radius 2 is 2.05 bits per heavy atom. The predicted octanol–water partition coefficient (Wildman–Crippen LogP) is 2.72. The molecule has 0 spiro atoms. The van der Waals surface area contributed by atoms with Crippen LogP contribution in [0.3, 0.4) is 0 Å². The SMILES string of the molecule is CCCOc1nc(NC)nc(NC(CC)c2nccs2)n1. The second-order valence-electron chi connectivity index (χ2n) is 4.34. The van der Waals surface area contributed by atoms with Gasteiger partial charge in [0.15, 0.2) is 0 Å². The molecule has 2 aromatic heterocycles. The lowest BCUT2D eigenvalue weighted by Crippen LogP contribution is -2.14. The number of anilines is 2. The van der Waals surface area contributed by atoms with Gasteiger partial charge in [-0.3, -0.25) is 0 Å². The number of rotatable bonds is 8. The lowest BCUT2D eigenvalue weighted by molar-refractivity contribution is 0.292. The summed E-state index contributed by atoms with van der Waals surface area (Å²) in [5.41, 5.74) is 0. The molecule has 21 heavy (non-hydrogen) atoms. The molecule has 2 rings (SSSR count). The number of thiazole rings is 1. The maximum Gasteiger partial charge on any atom is 0.323 e. The third-order valence-electron chi connectivity index (χ3n) is 2.73. The van der Waals surface area contributed by atoms with Gasteiger partial charge in [0.1, 0.15) is 5.01 Å². The van der Waals surface area contributed by atoms with E-state index in [1.54, 1.807) is 24.6 Å². The number of hydrogen-bond donors (Lipinski definition) is 2. The van der Waals surface area contributed by atoms with Crippen molar-refractivity contribution in [3.63, 3.8) is 0 Å². The largest absolute Gasteiger partial charge is 0.463 e. The Morgan fingerprint density at radius 1 is 1.24 bits per heavy atom. The molecular weight excluding hydrogens is 288 g/mol. The molecule has 0 aliphatic rings. The van der Waals surface area contributed by atoms with E-state index in [1.165, 1.54) is 0 Å². The molecule has 8 heteroatoms. The number of nitrogens with one attached hydrogen (secondary N) is 2.